The summed E-state index contributed by atoms with van der Waals surface area (Å²) >= 11 is 1.20. The Morgan fingerprint density at radius 2 is 1.85 bits per heavy atom. The highest BCUT2D eigenvalue weighted by molar-refractivity contribution is 8.00. The zero-order valence-corrected chi connectivity index (χ0v) is 16.7. The number of thioether (sulfide) groups is 1. The number of benzene rings is 2. The fourth-order valence-corrected chi connectivity index (χ4v) is 3.70. The lowest BCUT2D eigenvalue weighted by Crippen LogP contribution is -2.23. The molecule has 1 heterocycles. The number of aromatic nitrogens is 2. The largest absolute Gasteiger partial charge is 0.293 e. The fraction of sp³-hybridized carbons (Fsp3) is 0.227. The zero-order valence-electron chi connectivity index (χ0n) is 15.9. The quantitative estimate of drug-likeness (QED) is 0.484. The van der Waals surface area contributed by atoms with E-state index in [-0.39, 0.29) is 11.3 Å². The first-order chi connectivity index (χ1) is 12.9. The summed E-state index contributed by atoms with van der Waals surface area (Å²) in [6.45, 7) is 7.80. The number of ketones is 1. The first-order valence-corrected chi connectivity index (χ1v) is 9.67. The summed E-state index contributed by atoms with van der Waals surface area (Å²) in [5.74, 6) is -0.00439. The molecule has 0 unspecified atom stereocenters. The Morgan fingerprint density at radius 1 is 1.07 bits per heavy atom. The van der Waals surface area contributed by atoms with Gasteiger partial charge in [0.2, 0.25) is 0 Å². The van der Waals surface area contributed by atoms with Crippen molar-refractivity contribution in [1.29, 1.82) is 0 Å². The Morgan fingerprint density at radius 3 is 2.56 bits per heavy atom. The predicted molar refractivity (Wildman–Crippen MR) is 110 cm³/mol. The molecule has 138 valence electrons. The SMILES string of the molecule is Cc1cccc(-n2ccnc(S[C@@H](C)C(=O)c3ccc(C)c(C)c3)c2=O)c1. The number of carbonyl (C=O) groups excluding carboxylic acids is 1. The van der Waals surface area contributed by atoms with E-state index in [9.17, 15) is 9.59 Å². The highest BCUT2D eigenvalue weighted by Gasteiger charge is 2.20. The van der Waals surface area contributed by atoms with Crippen molar-refractivity contribution in [1.82, 2.24) is 9.55 Å². The van der Waals surface area contributed by atoms with Crippen molar-refractivity contribution in [3.05, 3.63) is 87.5 Å². The second kappa shape index (κ2) is 7.92. The van der Waals surface area contributed by atoms with Gasteiger partial charge in [0.15, 0.2) is 10.8 Å². The molecule has 3 aromatic rings. The van der Waals surface area contributed by atoms with E-state index >= 15 is 0 Å². The maximum atomic E-state index is 12.8. The lowest BCUT2D eigenvalue weighted by Gasteiger charge is -2.12. The van der Waals surface area contributed by atoms with E-state index in [2.05, 4.69) is 4.98 Å². The minimum atomic E-state index is -0.402. The standard InChI is InChI=1S/C22H22N2O2S/c1-14-6-5-7-19(12-14)24-11-10-23-21(22(24)26)27-17(4)20(25)18-9-8-15(2)16(3)13-18/h5-13,17H,1-4H3/t17-/m0/s1. The minimum absolute atomic E-state index is 0.00439. The number of hydrogen-bond donors (Lipinski definition) is 0. The molecule has 0 aliphatic heterocycles. The van der Waals surface area contributed by atoms with Crippen molar-refractivity contribution in [2.75, 3.05) is 0 Å². The summed E-state index contributed by atoms with van der Waals surface area (Å²) in [4.78, 5) is 29.8. The number of nitrogens with zero attached hydrogens (tertiary/aromatic N) is 2. The Kier molecular flexibility index (Phi) is 5.61. The highest BCUT2D eigenvalue weighted by Crippen LogP contribution is 2.23. The average molecular weight is 378 g/mol. The van der Waals surface area contributed by atoms with Gasteiger partial charge in [-0.3, -0.25) is 14.2 Å². The molecule has 2 aromatic carbocycles. The second-order valence-electron chi connectivity index (χ2n) is 6.67. The van der Waals surface area contributed by atoms with Crippen molar-refractivity contribution in [3.8, 4) is 5.69 Å². The zero-order chi connectivity index (χ0) is 19.6. The Bertz CT molecular complexity index is 1060. The molecule has 0 saturated heterocycles. The van der Waals surface area contributed by atoms with Crippen LogP contribution in [-0.4, -0.2) is 20.6 Å². The van der Waals surface area contributed by atoms with Crippen LogP contribution >= 0.6 is 11.8 Å². The van der Waals surface area contributed by atoms with Crippen LogP contribution in [0.4, 0.5) is 0 Å². The van der Waals surface area contributed by atoms with Crippen molar-refractivity contribution < 1.29 is 4.79 Å². The van der Waals surface area contributed by atoms with Gasteiger partial charge in [-0.15, -0.1) is 0 Å². The van der Waals surface area contributed by atoms with Gasteiger partial charge in [-0.2, -0.15) is 0 Å². The molecule has 0 saturated carbocycles. The molecular formula is C22H22N2O2S. The summed E-state index contributed by atoms with van der Waals surface area (Å²) in [6, 6.07) is 13.4. The molecule has 1 aromatic heterocycles. The Labute approximate surface area is 163 Å². The van der Waals surface area contributed by atoms with Crippen molar-refractivity contribution in [2.45, 2.75) is 38.0 Å². The maximum absolute atomic E-state index is 12.8. The molecular weight excluding hydrogens is 356 g/mol. The van der Waals surface area contributed by atoms with Crippen molar-refractivity contribution >= 4 is 17.5 Å². The Hall–Kier alpha value is -2.66. The van der Waals surface area contributed by atoms with Gasteiger partial charge in [-0.25, -0.2) is 4.98 Å². The molecule has 3 rings (SSSR count). The number of rotatable bonds is 5. The van der Waals surface area contributed by atoms with Gasteiger partial charge in [-0.05, 0) is 62.6 Å². The minimum Gasteiger partial charge on any atom is -0.293 e. The smallest absolute Gasteiger partial charge is 0.287 e. The summed E-state index contributed by atoms with van der Waals surface area (Å²) in [5, 5.41) is -0.0793. The van der Waals surface area contributed by atoms with Gasteiger partial charge in [0.05, 0.1) is 5.25 Å². The van der Waals surface area contributed by atoms with Crippen molar-refractivity contribution in [3.63, 3.8) is 0 Å². The third kappa shape index (κ3) is 4.19. The van der Waals surface area contributed by atoms with Crippen LogP contribution in [0.1, 0.15) is 34.0 Å². The van der Waals surface area contributed by atoms with E-state index in [1.54, 1.807) is 17.0 Å². The summed E-state index contributed by atoms with van der Waals surface area (Å²) < 4.78 is 1.57. The second-order valence-corrected chi connectivity index (χ2v) is 8.00. The number of hydrogen-bond acceptors (Lipinski definition) is 4. The number of aryl methyl sites for hydroxylation is 3. The summed E-state index contributed by atoms with van der Waals surface area (Å²) in [5.41, 5.74) is 4.54. The molecule has 0 fully saturated rings. The molecule has 0 spiro atoms. The predicted octanol–water partition coefficient (Wildman–Crippen LogP) is 4.52. The molecule has 1 atom stereocenters. The lowest BCUT2D eigenvalue weighted by atomic mass is 10.0. The van der Waals surface area contributed by atoms with E-state index in [1.165, 1.54) is 11.8 Å². The third-order valence-corrected chi connectivity index (χ3v) is 5.61. The van der Waals surface area contributed by atoms with E-state index in [4.69, 9.17) is 0 Å². The van der Waals surface area contributed by atoms with E-state index in [0.717, 1.165) is 22.4 Å². The molecule has 0 N–H and O–H groups in total. The van der Waals surface area contributed by atoms with Crippen LogP contribution in [0.15, 0.2) is 64.7 Å². The lowest BCUT2D eigenvalue weighted by molar-refractivity contribution is 0.0994. The monoisotopic (exact) mass is 378 g/mol. The Balaban J connectivity index is 1.87. The molecule has 0 amide bonds. The van der Waals surface area contributed by atoms with Gasteiger partial charge in [-0.1, -0.05) is 36.0 Å². The van der Waals surface area contributed by atoms with Crippen LogP contribution in [0.5, 0.6) is 0 Å². The third-order valence-electron chi connectivity index (χ3n) is 4.54. The molecule has 0 aliphatic carbocycles. The van der Waals surface area contributed by atoms with Crippen LogP contribution in [0, 0.1) is 20.8 Å². The van der Waals surface area contributed by atoms with Crippen LogP contribution in [0.25, 0.3) is 5.69 Å². The first-order valence-electron chi connectivity index (χ1n) is 8.79. The van der Waals surface area contributed by atoms with Gasteiger partial charge < -0.3 is 0 Å². The number of carbonyl (C=O) groups is 1. The fourth-order valence-electron chi connectivity index (χ4n) is 2.81. The van der Waals surface area contributed by atoms with Crippen LogP contribution in [0.3, 0.4) is 0 Å². The first kappa shape index (κ1) is 19.1. The van der Waals surface area contributed by atoms with E-state index in [0.29, 0.717) is 10.6 Å². The van der Waals surface area contributed by atoms with Crippen LogP contribution in [0.2, 0.25) is 0 Å². The van der Waals surface area contributed by atoms with Crippen molar-refractivity contribution in [2.24, 2.45) is 0 Å². The van der Waals surface area contributed by atoms with E-state index < -0.39 is 5.25 Å². The maximum Gasteiger partial charge on any atom is 0.287 e. The van der Waals surface area contributed by atoms with Gasteiger partial charge in [0, 0.05) is 23.6 Å². The number of Topliss-reactive ketones (excluding diaryl/α,β-unsaturated/α-hetero) is 1. The summed E-state index contributed by atoms with van der Waals surface area (Å²) in [6.07, 6.45) is 3.25. The molecule has 0 radical (unpaired) electrons. The molecule has 0 aliphatic rings. The molecule has 27 heavy (non-hydrogen) atoms. The summed E-state index contributed by atoms with van der Waals surface area (Å²) in [7, 11) is 0. The van der Waals surface area contributed by atoms with Gasteiger partial charge in [0.1, 0.15) is 0 Å². The average Bonchev–Trinajstić information content (AvgIpc) is 2.65. The molecule has 0 bridgehead atoms. The topological polar surface area (TPSA) is 52.0 Å². The van der Waals surface area contributed by atoms with Gasteiger partial charge in [0.25, 0.3) is 5.56 Å². The van der Waals surface area contributed by atoms with Crippen LogP contribution < -0.4 is 5.56 Å². The molecule has 4 nitrogen and oxygen atoms in total. The normalized spacial score (nSPS) is 12.0. The highest BCUT2D eigenvalue weighted by atomic mass is 32.2. The van der Waals surface area contributed by atoms with E-state index in [1.807, 2.05) is 70.2 Å². The van der Waals surface area contributed by atoms with Crippen LogP contribution in [-0.2, 0) is 0 Å². The van der Waals surface area contributed by atoms with Gasteiger partial charge >= 0.3 is 0 Å². The molecule has 5 heteroatoms.